The van der Waals surface area contributed by atoms with Crippen LogP contribution in [-0.2, 0) is 6.54 Å². The molecule has 1 aromatic rings. The third-order valence-electron chi connectivity index (χ3n) is 2.25. The molecule has 0 aliphatic heterocycles. The molecule has 0 aromatic carbocycles. The van der Waals surface area contributed by atoms with Gasteiger partial charge in [-0.3, -0.25) is 4.79 Å². The molecule has 8 heteroatoms. The first-order valence-electron chi connectivity index (χ1n) is 5.33. The van der Waals surface area contributed by atoms with E-state index in [0.717, 1.165) is 6.20 Å². The number of aromatic nitrogens is 2. The molecule has 19 heavy (non-hydrogen) atoms. The average molecular weight is 338 g/mol. The quantitative estimate of drug-likeness (QED) is 0.858. The first-order chi connectivity index (χ1) is 8.78. The van der Waals surface area contributed by atoms with Crippen LogP contribution in [0.15, 0.2) is 15.5 Å². The first kappa shape index (κ1) is 15.6. The van der Waals surface area contributed by atoms with Gasteiger partial charge in [0, 0.05) is 0 Å². The van der Waals surface area contributed by atoms with Gasteiger partial charge in [0.2, 0.25) is 0 Å². The topological polar surface area (TPSA) is 46.9 Å². The predicted molar refractivity (Wildman–Crippen MR) is 68.8 cm³/mol. The Bertz CT molecular complexity index is 548. The van der Waals surface area contributed by atoms with Crippen molar-refractivity contribution >= 4 is 21.6 Å². The predicted octanol–water partition coefficient (Wildman–Crippen LogP) is 2.39. The molecule has 1 heterocycles. The number of halogens is 4. The van der Waals surface area contributed by atoms with Crippen molar-refractivity contribution in [2.75, 3.05) is 5.32 Å². The van der Waals surface area contributed by atoms with Crippen molar-refractivity contribution in [3.8, 4) is 12.3 Å². The van der Waals surface area contributed by atoms with E-state index < -0.39 is 18.3 Å². The molecule has 0 aliphatic carbocycles. The zero-order valence-electron chi connectivity index (χ0n) is 9.96. The fourth-order valence-corrected chi connectivity index (χ4v) is 1.72. The van der Waals surface area contributed by atoms with Gasteiger partial charge in [0.1, 0.15) is 11.0 Å². The minimum atomic E-state index is -4.50. The van der Waals surface area contributed by atoms with E-state index in [1.165, 1.54) is 0 Å². The van der Waals surface area contributed by atoms with E-state index in [4.69, 9.17) is 6.42 Å². The normalized spacial score (nSPS) is 12.8. The van der Waals surface area contributed by atoms with E-state index in [2.05, 4.69) is 32.3 Å². The second-order valence-electron chi connectivity index (χ2n) is 3.72. The summed E-state index contributed by atoms with van der Waals surface area (Å²) < 4.78 is 37.0. The molecule has 1 rings (SSSR count). The molecule has 0 fully saturated rings. The fourth-order valence-electron chi connectivity index (χ4n) is 1.30. The highest BCUT2D eigenvalue weighted by molar-refractivity contribution is 9.10. The van der Waals surface area contributed by atoms with Gasteiger partial charge in [-0.2, -0.15) is 18.3 Å². The summed E-state index contributed by atoms with van der Waals surface area (Å²) in [6.45, 7) is 0.404. The summed E-state index contributed by atoms with van der Waals surface area (Å²) in [4.78, 5) is 11.7. The van der Waals surface area contributed by atoms with E-state index in [9.17, 15) is 18.0 Å². The maximum Gasteiger partial charge on any atom is 0.408 e. The number of rotatable bonds is 4. The number of terminal acetylenes is 1. The zero-order valence-corrected chi connectivity index (χ0v) is 11.5. The Morgan fingerprint density at radius 2 is 2.26 bits per heavy atom. The summed E-state index contributed by atoms with van der Waals surface area (Å²) in [6.07, 6.45) is 2.49. The summed E-state index contributed by atoms with van der Waals surface area (Å²) in [6, 6.07) is -0.323. The highest BCUT2D eigenvalue weighted by Crippen LogP contribution is 2.20. The van der Waals surface area contributed by atoms with Crippen LogP contribution in [0, 0.1) is 12.3 Å². The Morgan fingerprint density at radius 1 is 1.63 bits per heavy atom. The molecule has 0 spiro atoms. The lowest BCUT2D eigenvalue weighted by atomic mass is 10.2. The second-order valence-corrected chi connectivity index (χ2v) is 4.52. The van der Waals surface area contributed by atoms with Crippen molar-refractivity contribution in [1.82, 2.24) is 9.78 Å². The van der Waals surface area contributed by atoms with Crippen LogP contribution in [0.1, 0.15) is 13.3 Å². The fraction of sp³-hybridized carbons (Fsp3) is 0.455. The van der Waals surface area contributed by atoms with Gasteiger partial charge >= 0.3 is 6.18 Å². The van der Waals surface area contributed by atoms with Gasteiger partial charge < -0.3 is 5.32 Å². The van der Waals surface area contributed by atoms with Gasteiger partial charge in [0.15, 0.2) is 0 Å². The van der Waals surface area contributed by atoms with Crippen molar-refractivity contribution in [3.05, 3.63) is 21.0 Å². The van der Waals surface area contributed by atoms with Gasteiger partial charge in [0.05, 0.1) is 17.9 Å². The monoisotopic (exact) mass is 337 g/mol. The van der Waals surface area contributed by atoms with Crippen LogP contribution in [0.3, 0.4) is 0 Å². The van der Waals surface area contributed by atoms with Gasteiger partial charge in [-0.1, -0.05) is 12.8 Å². The molecular weight excluding hydrogens is 327 g/mol. The zero-order chi connectivity index (χ0) is 14.6. The summed E-state index contributed by atoms with van der Waals surface area (Å²) >= 11 is 2.95. The molecule has 1 atom stereocenters. The Labute approximate surface area is 116 Å². The lowest BCUT2D eigenvalue weighted by Gasteiger charge is -2.14. The molecular formula is C11H11BrF3N3O. The SMILES string of the molecule is C#CC(CC)Nc1cnn(CC(F)(F)F)c(=O)c1Br. The second kappa shape index (κ2) is 6.10. The maximum atomic E-state index is 12.2. The highest BCUT2D eigenvalue weighted by Gasteiger charge is 2.29. The van der Waals surface area contributed by atoms with E-state index in [1.54, 1.807) is 0 Å². The minimum absolute atomic E-state index is 0.0274. The summed E-state index contributed by atoms with van der Waals surface area (Å²) in [5.74, 6) is 2.45. The maximum absolute atomic E-state index is 12.2. The van der Waals surface area contributed by atoms with Crippen molar-refractivity contribution in [3.63, 3.8) is 0 Å². The highest BCUT2D eigenvalue weighted by atomic mass is 79.9. The van der Waals surface area contributed by atoms with Crippen molar-refractivity contribution in [1.29, 1.82) is 0 Å². The summed E-state index contributed by atoms with van der Waals surface area (Å²) in [7, 11) is 0. The van der Waals surface area contributed by atoms with E-state index in [-0.39, 0.29) is 16.2 Å². The number of nitrogens with one attached hydrogen (secondary N) is 1. The molecule has 0 radical (unpaired) electrons. The molecule has 1 unspecified atom stereocenters. The molecule has 4 nitrogen and oxygen atoms in total. The largest absolute Gasteiger partial charge is 0.408 e. The average Bonchev–Trinajstić information content (AvgIpc) is 2.33. The number of alkyl halides is 3. The molecule has 0 aliphatic rings. The lowest BCUT2D eigenvalue weighted by Crippen LogP contribution is -2.31. The van der Waals surface area contributed by atoms with Crippen LogP contribution in [0.25, 0.3) is 0 Å². The third-order valence-corrected chi connectivity index (χ3v) is 3.02. The van der Waals surface area contributed by atoms with Crippen molar-refractivity contribution in [2.45, 2.75) is 32.1 Å². The van der Waals surface area contributed by atoms with Crippen LogP contribution in [0.4, 0.5) is 18.9 Å². The van der Waals surface area contributed by atoms with Crippen LogP contribution >= 0.6 is 15.9 Å². The molecule has 0 saturated carbocycles. The van der Waals surface area contributed by atoms with E-state index in [1.807, 2.05) is 6.92 Å². The minimum Gasteiger partial charge on any atom is -0.369 e. The molecule has 1 aromatic heterocycles. The summed E-state index contributed by atoms with van der Waals surface area (Å²) in [5.41, 5.74) is -0.595. The molecule has 0 saturated heterocycles. The first-order valence-corrected chi connectivity index (χ1v) is 6.12. The Balaban J connectivity index is 3.05. The van der Waals surface area contributed by atoms with Crippen molar-refractivity contribution < 1.29 is 13.2 Å². The number of hydrogen-bond donors (Lipinski definition) is 1. The molecule has 1 N–H and O–H groups in total. The van der Waals surface area contributed by atoms with Crippen molar-refractivity contribution in [2.24, 2.45) is 0 Å². The van der Waals surface area contributed by atoms with Gasteiger partial charge in [-0.25, -0.2) is 4.68 Å². The van der Waals surface area contributed by atoms with Gasteiger partial charge in [0.25, 0.3) is 5.56 Å². The standard InChI is InChI=1S/C11H11BrF3N3O/c1-3-7(4-2)17-8-5-16-18(6-11(13,14)15)10(19)9(8)12/h1,5,7,17H,4,6H2,2H3. The van der Waals surface area contributed by atoms with E-state index in [0.29, 0.717) is 11.1 Å². The van der Waals surface area contributed by atoms with Gasteiger partial charge in [-0.05, 0) is 22.4 Å². The number of nitrogens with zero attached hydrogens (tertiary/aromatic N) is 2. The Morgan fingerprint density at radius 3 is 2.74 bits per heavy atom. The number of anilines is 1. The van der Waals surface area contributed by atoms with Crippen LogP contribution in [0.5, 0.6) is 0 Å². The van der Waals surface area contributed by atoms with Crippen LogP contribution in [0.2, 0.25) is 0 Å². The smallest absolute Gasteiger partial charge is 0.369 e. The Hall–Kier alpha value is -1.49. The third kappa shape index (κ3) is 4.28. The lowest BCUT2D eigenvalue weighted by molar-refractivity contribution is -0.143. The summed E-state index contributed by atoms with van der Waals surface area (Å²) in [5, 5.41) is 6.31. The van der Waals surface area contributed by atoms with E-state index >= 15 is 0 Å². The molecule has 104 valence electrons. The Kier molecular flexibility index (Phi) is 5.00. The molecule has 0 bridgehead atoms. The molecule has 0 amide bonds. The number of hydrogen-bond acceptors (Lipinski definition) is 3. The van der Waals surface area contributed by atoms with Gasteiger partial charge in [-0.15, -0.1) is 6.42 Å². The van der Waals surface area contributed by atoms with Crippen LogP contribution in [-0.4, -0.2) is 22.0 Å². The van der Waals surface area contributed by atoms with Crippen LogP contribution < -0.4 is 10.9 Å².